The van der Waals surface area contributed by atoms with Gasteiger partial charge >= 0.3 is 0 Å². The molecular weight excluding hydrogens is 262 g/mol. The van der Waals surface area contributed by atoms with Gasteiger partial charge in [0.15, 0.2) is 0 Å². The van der Waals surface area contributed by atoms with Crippen molar-refractivity contribution >= 4 is 26.7 Å². The van der Waals surface area contributed by atoms with E-state index in [1.807, 2.05) is 6.07 Å². The molecule has 0 bridgehead atoms. The van der Waals surface area contributed by atoms with Gasteiger partial charge in [0.2, 0.25) is 0 Å². The summed E-state index contributed by atoms with van der Waals surface area (Å²) in [5.74, 6) is 0. The molecular formula is C14H12BrN. The third-order valence-electron chi connectivity index (χ3n) is 2.67. The van der Waals surface area contributed by atoms with Gasteiger partial charge in [0, 0.05) is 10.9 Å². The zero-order valence-electron chi connectivity index (χ0n) is 8.91. The molecule has 0 amide bonds. The first-order valence-corrected chi connectivity index (χ1v) is 6.15. The van der Waals surface area contributed by atoms with E-state index in [4.69, 9.17) is 5.26 Å². The number of nitriles is 1. The topological polar surface area (TPSA) is 23.8 Å². The minimum atomic E-state index is 0.626. The molecule has 1 nitrogen and oxygen atoms in total. The lowest BCUT2D eigenvalue weighted by molar-refractivity contribution is 0.855. The second kappa shape index (κ2) is 5.14. The van der Waals surface area contributed by atoms with Crippen molar-refractivity contribution in [3.63, 3.8) is 0 Å². The van der Waals surface area contributed by atoms with Gasteiger partial charge < -0.3 is 0 Å². The Balaban J connectivity index is 2.41. The van der Waals surface area contributed by atoms with Crippen LogP contribution in [0.15, 0.2) is 40.9 Å². The Kier molecular flexibility index (Phi) is 3.58. The van der Waals surface area contributed by atoms with E-state index in [0.29, 0.717) is 6.42 Å². The summed E-state index contributed by atoms with van der Waals surface area (Å²) in [5, 5.41) is 11.1. The Hall–Kier alpha value is -1.33. The number of halogens is 1. The summed E-state index contributed by atoms with van der Waals surface area (Å²) in [6.45, 7) is 0. The average Bonchev–Trinajstić information content (AvgIpc) is 2.30. The van der Waals surface area contributed by atoms with Crippen LogP contribution in [-0.2, 0) is 6.42 Å². The van der Waals surface area contributed by atoms with Gasteiger partial charge in [-0.3, -0.25) is 0 Å². The Morgan fingerprint density at radius 3 is 2.62 bits per heavy atom. The van der Waals surface area contributed by atoms with E-state index in [1.54, 1.807) is 0 Å². The quantitative estimate of drug-likeness (QED) is 0.758. The van der Waals surface area contributed by atoms with Crippen LogP contribution in [0.2, 0.25) is 0 Å². The van der Waals surface area contributed by atoms with Crippen LogP contribution in [0.3, 0.4) is 0 Å². The summed E-state index contributed by atoms with van der Waals surface area (Å²) in [7, 11) is 0. The lowest BCUT2D eigenvalue weighted by Crippen LogP contribution is -1.88. The standard InChI is InChI=1S/C14H12BrN/c15-13-9-4-8-12-7-3-6-11(14(12)13)5-1-2-10-16/h3-4,6-9H,1-2,5H2. The Labute approximate surface area is 104 Å². The van der Waals surface area contributed by atoms with E-state index >= 15 is 0 Å². The van der Waals surface area contributed by atoms with Crippen LogP contribution in [0.25, 0.3) is 10.8 Å². The van der Waals surface area contributed by atoms with Crippen LogP contribution in [0.1, 0.15) is 18.4 Å². The fraction of sp³-hybridized carbons (Fsp3) is 0.214. The fourth-order valence-electron chi connectivity index (χ4n) is 1.94. The number of benzene rings is 2. The molecule has 2 aromatic carbocycles. The number of rotatable bonds is 3. The lowest BCUT2D eigenvalue weighted by Gasteiger charge is -2.07. The molecule has 2 heteroatoms. The molecule has 0 N–H and O–H groups in total. The van der Waals surface area contributed by atoms with Crippen LogP contribution >= 0.6 is 15.9 Å². The average molecular weight is 274 g/mol. The summed E-state index contributed by atoms with van der Waals surface area (Å²) in [6, 6.07) is 14.8. The number of unbranched alkanes of at least 4 members (excludes halogenated alkanes) is 1. The van der Waals surface area contributed by atoms with Gasteiger partial charge in [-0.15, -0.1) is 0 Å². The minimum absolute atomic E-state index is 0.626. The van der Waals surface area contributed by atoms with E-state index in [0.717, 1.165) is 17.3 Å². The maximum atomic E-state index is 8.55. The summed E-state index contributed by atoms with van der Waals surface area (Å²) in [6.07, 6.45) is 2.52. The molecule has 2 rings (SSSR count). The van der Waals surface area contributed by atoms with Crippen molar-refractivity contribution in [1.29, 1.82) is 5.26 Å². The van der Waals surface area contributed by atoms with Crippen LogP contribution < -0.4 is 0 Å². The highest BCUT2D eigenvalue weighted by Gasteiger charge is 2.03. The molecule has 0 aromatic heterocycles. The Morgan fingerprint density at radius 2 is 1.88 bits per heavy atom. The number of fused-ring (bicyclic) bond motifs is 1. The van der Waals surface area contributed by atoms with Crippen molar-refractivity contribution in [3.8, 4) is 6.07 Å². The van der Waals surface area contributed by atoms with Crippen LogP contribution in [0.4, 0.5) is 0 Å². The van der Waals surface area contributed by atoms with E-state index in [9.17, 15) is 0 Å². The minimum Gasteiger partial charge on any atom is -0.198 e. The van der Waals surface area contributed by atoms with Crippen LogP contribution in [0, 0.1) is 11.3 Å². The van der Waals surface area contributed by atoms with E-state index in [1.165, 1.54) is 16.3 Å². The van der Waals surface area contributed by atoms with Crippen molar-refractivity contribution in [2.24, 2.45) is 0 Å². The maximum absolute atomic E-state index is 8.55. The normalized spacial score (nSPS) is 10.2. The number of hydrogen-bond acceptors (Lipinski definition) is 1. The molecule has 0 atom stereocenters. The second-order valence-corrected chi connectivity index (χ2v) is 4.62. The molecule has 0 aliphatic heterocycles. The van der Waals surface area contributed by atoms with Gasteiger partial charge in [-0.25, -0.2) is 0 Å². The van der Waals surface area contributed by atoms with Gasteiger partial charge in [0.05, 0.1) is 6.07 Å². The van der Waals surface area contributed by atoms with Crippen molar-refractivity contribution in [2.75, 3.05) is 0 Å². The third-order valence-corrected chi connectivity index (χ3v) is 3.34. The molecule has 0 radical (unpaired) electrons. The van der Waals surface area contributed by atoms with Crippen molar-refractivity contribution < 1.29 is 0 Å². The smallest absolute Gasteiger partial charge is 0.0621 e. The molecule has 0 aliphatic rings. The molecule has 0 saturated heterocycles. The summed E-state index contributed by atoms with van der Waals surface area (Å²) < 4.78 is 1.14. The third kappa shape index (κ3) is 2.25. The van der Waals surface area contributed by atoms with E-state index in [-0.39, 0.29) is 0 Å². The van der Waals surface area contributed by atoms with Crippen molar-refractivity contribution in [1.82, 2.24) is 0 Å². The molecule has 16 heavy (non-hydrogen) atoms. The molecule has 0 spiro atoms. The monoisotopic (exact) mass is 273 g/mol. The summed E-state index contributed by atoms with van der Waals surface area (Å²) >= 11 is 3.59. The SMILES string of the molecule is N#CCCCc1cccc2cccc(Br)c12. The van der Waals surface area contributed by atoms with E-state index < -0.39 is 0 Å². The Bertz CT molecular complexity index is 535. The highest BCUT2D eigenvalue weighted by Crippen LogP contribution is 2.28. The van der Waals surface area contributed by atoms with Gasteiger partial charge in [0.1, 0.15) is 0 Å². The van der Waals surface area contributed by atoms with Crippen LogP contribution in [0.5, 0.6) is 0 Å². The summed E-state index contributed by atoms with van der Waals surface area (Å²) in [4.78, 5) is 0. The molecule has 0 unspecified atom stereocenters. The Morgan fingerprint density at radius 1 is 1.12 bits per heavy atom. The highest BCUT2D eigenvalue weighted by molar-refractivity contribution is 9.10. The van der Waals surface area contributed by atoms with Gasteiger partial charge in [0.25, 0.3) is 0 Å². The predicted octanol–water partition coefficient (Wildman–Crippen LogP) is 4.45. The molecule has 0 saturated carbocycles. The zero-order chi connectivity index (χ0) is 11.4. The van der Waals surface area contributed by atoms with Gasteiger partial charge in [-0.1, -0.05) is 46.3 Å². The zero-order valence-corrected chi connectivity index (χ0v) is 10.5. The molecule has 2 aromatic rings. The maximum Gasteiger partial charge on any atom is 0.0621 e. The molecule has 0 heterocycles. The molecule has 80 valence electrons. The summed E-state index contributed by atoms with van der Waals surface area (Å²) in [5.41, 5.74) is 1.32. The number of nitrogens with zero attached hydrogens (tertiary/aromatic N) is 1. The van der Waals surface area contributed by atoms with Gasteiger partial charge in [-0.05, 0) is 35.2 Å². The highest BCUT2D eigenvalue weighted by atomic mass is 79.9. The largest absolute Gasteiger partial charge is 0.198 e. The van der Waals surface area contributed by atoms with Crippen LogP contribution in [-0.4, -0.2) is 0 Å². The first kappa shape index (κ1) is 11.2. The van der Waals surface area contributed by atoms with E-state index in [2.05, 4.69) is 52.3 Å². The first-order valence-electron chi connectivity index (χ1n) is 5.36. The number of hydrogen-bond donors (Lipinski definition) is 0. The van der Waals surface area contributed by atoms with Crippen molar-refractivity contribution in [3.05, 3.63) is 46.4 Å². The predicted molar refractivity (Wildman–Crippen MR) is 70.2 cm³/mol. The van der Waals surface area contributed by atoms with Gasteiger partial charge in [-0.2, -0.15) is 5.26 Å². The lowest BCUT2D eigenvalue weighted by atomic mass is 10.0. The molecule has 0 aliphatic carbocycles. The fourth-order valence-corrected chi connectivity index (χ4v) is 2.57. The number of aryl methyl sites for hydroxylation is 1. The first-order chi connectivity index (χ1) is 7.83. The van der Waals surface area contributed by atoms with Crippen molar-refractivity contribution in [2.45, 2.75) is 19.3 Å². The second-order valence-electron chi connectivity index (χ2n) is 3.77. The molecule has 0 fully saturated rings.